The topological polar surface area (TPSA) is 0 Å². The highest BCUT2D eigenvalue weighted by molar-refractivity contribution is 8.25. The minimum Gasteiger partial charge on any atom is -0.119 e. The standard InChI is InChI=1S/C12H22S2/c1-2-3-4-5-6-7-8-9-12-13-10-11-14-12/h9H,2-8,10-11H2,1H3. The molecule has 0 atom stereocenters. The van der Waals surface area contributed by atoms with Crippen LogP contribution < -0.4 is 0 Å². The van der Waals surface area contributed by atoms with E-state index in [1.165, 1.54) is 56.5 Å². The number of thioether (sulfide) groups is 2. The second kappa shape index (κ2) is 8.72. The highest BCUT2D eigenvalue weighted by atomic mass is 32.2. The summed E-state index contributed by atoms with van der Waals surface area (Å²) in [4.78, 5) is 0. The molecular weight excluding hydrogens is 208 g/mol. The van der Waals surface area contributed by atoms with Gasteiger partial charge in [-0.2, -0.15) is 0 Å². The summed E-state index contributed by atoms with van der Waals surface area (Å²) in [6, 6.07) is 0. The monoisotopic (exact) mass is 230 g/mol. The molecular formula is C12H22S2. The average Bonchev–Trinajstić information content (AvgIpc) is 2.69. The van der Waals surface area contributed by atoms with Crippen molar-refractivity contribution in [3.8, 4) is 0 Å². The van der Waals surface area contributed by atoms with E-state index >= 15 is 0 Å². The molecule has 1 aliphatic heterocycles. The van der Waals surface area contributed by atoms with Gasteiger partial charge in [0.1, 0.15) is 0 Å². The summed E-state index contributed by atoms with van der Waals surface area (Å²) in [5.41, 5.74) is 0. The Morgan fingerprint density at radius 3 is 2.36 bits per heavy atom. The van der Waals surface area contributed by atoms with Gasteiger partial charge in [0.2, 0.25) is 0 Å². The first-order valence-electron chi connectivity index (χ1n) is 5.89. The lowest BCUT2D eigenvalue weighted by Crippen LogP contribution is -1.77. The van der Waals surface area contributed by atoms with Crippen LogP contribution in [0.1, 0.15) is 51.9 Å². The first-order valence-corrected chi connectivity index (χ1v) is 7.86. The molecule has 0 bridgehead atoms. The molecule has 2 heteroatoms. The van der Waals surface area contributed by atoms with Crippen molar-refractivity contribution in [1.29, 1.82) is 0 Å². The first kappa shape index (κ1) is 12.5. The third-order valence-electron chi connectivity index (χ3n) is 2.44. The molecule has 0 unspecified atom stereocenters. The van der Waals surface area contributed by atoms with Gasteiger partial charge in [0, 0.05) is 15.7 Å². The molecule has 1 rings (SSSR count). The van der Waals surface area contributed by atoms with Crippen LogP contribution in [-0.2, 0) is 0 Å². The summed E-state index contributed by atoms with van der Waals surface area (Å²) >= 11 is 4.08. The lowest BCUT2D eigenvalue weighted by atomic mass is 10.1. The fraction of sp³-hybridized carbons (Fsp3) is 0.833. The van der Waals surface area contributed by atoms with Gasteiger partial charge < -0.3 is 0 Å². The first-order chi connectivity index (χ1) is 6.93. The maximum Gasteiger partial charge on any atom is 0.0361 e. The van der Waals surface area contributed by atoms with Gasteiger partial charge in [-0.15, -0.1) is 23.5 Å². The zero-order valence-electron chi connectivity index (χ0n) is 9.26. The predicted octanol–water partition coefficient (Wildman–Crippen LogP) is 5.06. The molecule has 1 fully saturated rings. The third-order valence-corrected chi connectivity index (χ3v) is 5.13. The summed E-state index contributed by atoms with van der Waals surface area (Å²) < 4.78 is 1.58. The van der Waals surface area contributed by atoms with Crippen LogP contribution in [0.2, 0.25) is 0 Å². The van der Waals surface area contributed by atoms with E-state index in [9.17, 15) is 0 Å². The maximum absolute atomic E-state index is 2.45. The Kier molecular flexibility index (Phi) is 7.80. The van der Waals surface area contributed by atoms with Crippen molar-refractivity contribution in [3.05, 3.63) is 10.3 Å². The third kappa shape index (κ3) is 6.02. The maximum atomic E-state index is 2.45. The molecule has 1 heterocycles. The summed E-state index contributed by atoms with van der Waals surface area (Å²) in [6.45, 7) is 2.28. The Morgan fingerprint density at radius 1 is 1.00 bits per heavy atom. The Morgan fingerprint density at radius 2 is 1.64 bits per heavy atom. The number of unbranched alkanes of at least 4 members (excludes halogenated alkanes) is 6. The van der Waals surface area contributed by atoms with E-state index in [1.807, 2.05) is 23.5 Å². The van der Waals surface area contributed by atoms with E-state index in [-0.39, 0.29) is 0 Å². The quantitative estimate of drug-likeness (QED) is 0.561. The highest BCUT2D eigenvalue weighted by Crippen LogP contribution is 2.36. The SMILES string of the molecule is CCCCCCCCC=C1SCCS1. The van der Waals surface area contributed by atoms with Gasteiger partial charge in [-0.3, -0.25) is 0 Å². The Bertz CT molecular complexity index is 156. The van der Waals surface area contributed by atoms with Crippen molar-refractivity contribution >= 4 is 23.5 Å². The van der Waals surface area contributed by atoms with Crippen LogP contribution in [0.15, 0.2) is 10.3 Å². The van der Waals surface area contributed by atoms with Gasteiger partial charge in [0.25, 0.3) is 0 Å². The van der Waals surface area contributed by atoms with Crippen molar-refractivity contribution in [2.75, 3.05) is 11.5 Å². The molecule has 0 aliphatic carbocycles. The second-order valence-corrected chi connectivity index (χ2v) is 6.31. The molecule has 0 aromatic rings. The fourth-order valence-electron chi connectivity index (χ4n) is 1.59. The molecule has 14 heavy (non-hydrogen) atoms. The van der Waals surface area contributed by atoms with Crippen LogP contribution in [0.3, 0.4) is 0 Å². The van der Waals surface area contributed by atoms with E-state index in [4.69, 9.17) is 0 Å². The molecule has 0 spiro atoms. The zero-order chi connectivity index (χ0) is 10.1. The highest BCUT2D eigenvalue weighted by Gasteiger charge is 2.06. The molecule has 1 aliphatic rings. The van der Waals surface area contributed by atoms with Gasteiger partial charge in [-0.25, -0.2) is 0 Å². The second-order valence-electron chi connectivity index (χ2n) is 3.78. The van der Waals surface area contributed by atoms with Crippen LogP contribution >= 0.6 is 23.5 Å². The lowest BCUT2D eigenvalue weighted by molar-refractivity contribution is 0.611. The fourth-order valence-corrected chi connectivity index (χ4v) is 3.96. The molecule has 0 aromatic heterocycles. The summed E-state index contributed by atoms with van der Waals surface area (Å²) in [7, 11) is 0. The Labute approximate surface area is 97.3 Å². The molecule has 0 nitrogen and oxygen atoms in total. The smallest absolute Gasteiger partial charge is 0.0361 e. The number of rotatable bonds is 7. The van der Waals surface area contributed by atoms with E-state index in [0.717, 1.165) is 0 Å². The van der Waals surface area contributed by atoms with Crippen LogP contribution in [0, 0.1) is 0 Å². The van der Waals surface area contributed by atoms with E-state index < -0.39 is 0 Å². The average molecular weight is 230 g/mol. The summed E-state index contributed by atoms with van der Waals surface area (Å²) in [6.07, 6.45) is 12.2. The van der Waals surface area contributed by atoms with Crippen LogP contribution in [0.5, 0.6) is 0 Å². The van der Waals surface area contributed by atoms with E-state index in [1.54, 1.807) is 4.24 Å². The van der Waals surface area contributed by atoms with Gasteiger partial charge in [0.05, 0.1) is 0 Å². The molecule has 0 aromatic carbocycles. The summed E-state index contributed by atoms with van der Waals surface area (Å²) in [5.74, 6) is 2.65. The minimum atomic E-state index is 1.31. The van der Waals surface area contributed by atoms with Crippen molar-refractivity contribution in [2.24, 2.45) is 0 Å². The summed E-state index contributed by atoms with van der Waals surface area (Å²) in [5, 5.41) is 0. The van der Waals surface area contributed by atoms with Gasteiger partial charge in [-0.05, 0) is 12.8 Å². The zero-order valence-corrected chi connectivity index (χ0v) is 10.9. The van der Waals surface area contributed by atoms with Crippen molar-refractivity contribution in [3.63, 3.8) is 0 Å². The Balaban J connectivity index is 1.86. The minimum absolute atomic E-state index is 1.31. The van der Waals surface area contributed by atoms with Gasteiger partial charge in [-0.1, -0.05) is 45.1 Å². The van der Waals surface area contributed by atoms with E-state index in [0.29, 0.717) is 0 Å². The molecule has 0 amide bonds. The van der Waals surface area contributed by atoms with Crippen molar-refractivity contribution in [1.82, 2.24) is 0 Å². The van der Waals surface area contributed by atoms with Crippen LogP contribution in [0.4, 0.5) is 0 Å². The normalized spacial score (nSPS) is 16.2. The van der Waals surface area contributed by atoms with Crippen molar-refractivity contribution < 1.29 is 0 Å². The predicted molar refractivity (Wildman–Crippen MR) is 71.0 cm³/mol. The van der Waals surface area contributed by atoms with Crippen molar-refractivity contribution in [2.45, 2.75) is 51.9 Å². The number of hydrogen-bond donors (Lipinski definition) is 0. The Hall–Kier alpha value is 0.440. The molecule has 1 saturated heterocycles. The molecule has 0 N–H and O–H groups in total. The largest absolute Gasteiger partial charge is 0.119 e. The van der Waals surface area contributed by atoms with Crippen LogP contribution in [0.25, 0.3) is 0 Å². The molecule has 0 radical (unpaired) electrons. The van der Waals surface area contributed by atoms with Crippen LogP contribution in [-0.4, -0.2) is 11.5 Å². The van der Waals surface area contributed by atoms with Gasteiger partial charge >= 0.3 is 0 Å². The van der Waals surface area contributed by atoms with E-state index in [2.05, 4.69) is 13.0 Å². The number of hydrogen-bond acceptors (Lipinski definition) is 2. The lowest BCUT2D eigenvalue weighted by Gasteiger charge is -1.98. The van der Waals surface area contributed by atoms with Gasteiger partial charge in [0.15, 0.2) is 0 Å². The molecule has 0 saturated carbocycles. The molecule has 82 valence electrons. The number of allylic oxidation sites excluding steroid dienone is 1.